The van der Waals surface area contributed by atoms with Gasteiger partial charge in [-0.3, -0.25) is 4.79 Å². The summed E-state index contributed by atoms with van der Waals surface area (Å²) in [6.45, 7) is 1.87. The standard InChI is InChI=1S/C14H14ClFN4O/c1-8(10-4-3-9(16)7-11(10)15)18-13-6-5-12(19-20-13)14(21)17-2/h3-8H,1-2H3,(H,17,21)(H,18,20). The first kappa shape index (κ1) is 15.2. The molecular formula is C14H14ClFN4O. The SMILES string of the molecule is CNC(=O)c1ccc(NC(C)c2ccc(F)cc2Cl)nn1. The van der Waals surface area contributed by atoms with Crippen molar-refractivity contribution in [2.24, 2.45) is 0 Å². The number of benzene rings is 1. The van der Waals surface area contributed by atoms with Gasteiger partial charge in [-0.25, -0.2) is 4.39 Å². The van der Waals surface area contributed by atoms with Crippen LogP contribution in [0.15, 0.2) is 30.3 Å². The van der Waals surface area contributed by atoms with Gasteiger partial charge in [-0.1, -0.05) is 17.7 Å². The van der Waals surface area contributed by atoms with Crippen LogP contribution in [-0.2, 0) is 0 Å². The lowest BCUT2D eigenvalue weighted by Crippen LogP contribution is -2.20. The van der Waals surface area contributed by atoms with Gasteiger partial charge in [0.25, 0.3) is 5.91 Å². The van der Waals surface area contributed by atoms with E-state index in [2.05, 4.69) is 20.8 Å². The molecule has 2 aromatic rings. The summed E-state index contributed by atoms with van der Waals surface area (Å²) in [6.07, 6.45) is 0. The first-order chi connectivity index (χ1) is 10.0. The Kier molecular flexibility index (Phi) is 4.70. The molecule has 1 aromatic heterocycles. The van der Waals surface area contributed by atoms with Crippen LogP contribution >= 0.6 is 11.6 Å². The molecule has 7 heteroatoms. The minimum atomic E-state index is -0.384. The number of nitrogens with one attached hydrogen (secondary N) is 2. The van der Waals surface area contributed by atoms with Crippen molar-refractivity contribution in [3.63, 3.8) is 0 Å². The van der Waals surface area contributed by atoms with Crippen molar-refractivity contribution in [3.8, 4) is 0 Å². The average molecular weight is 309 g/mol. The normalized spacial score (nSPS) is 11.8. The number of rotatable bonds is 4. The molecule has 1 aromatic carbocycles. The van der Waals surface area contributed by atoms with Crippen LogP contribution < -0.4 is 10.6 Å². The Morgan fingerprint density at radius 3 is 2.62 bits per heavy atom. The molecule has 0 radical (unpaired) electrons. The Morgan fingerprint density at radius 2 is 2.05 bits per heavy atom. The van der Waals surface area contributed by atoms with E-state index in [1.807, 2.05) is 6.92 Å². The summed E-state index contributed by atoms with van der Waals surface area (Å²) in [4.78, 5) is 11.4. The molecule has 0 spiro atoms. The predicted molar refractivity (Wildman–Crippen MR) is 78.9 cm³/mol. The molecule has 0 aliphatic carbocycles. The molecule has 0 saturated carbocycles. The summed E-state index contributed by atoms with van der Waals surface area (Å²) in [5.41, 5.74) is 0.978. The molecule has 1 heterocycles. The van der Waals surface area contributed by atoms with Gasteiger partial charge in [0.15, 0.2) is 5.69 Å². The van der Waals surface area contributed by atoms with Gasteiger partial charge < -0.3 is 10.6 Å². The number of hydrogen-bond donors (Lipinski definition) is 2. The highest BCUT2D eigenvalue weighted by Gasteiger charge is 2.12. The van der Waals surface area contributed by atoms with E-state index in [9.17, 15) is 9.18 Å². The quantitative estimate of drug-likeness (QED) is 0.911. The molecule has 0 saturated heterocycles. The van der Waals surface area contributed by atoms with Gasteiger partial charge in [-0.15, -0.1) is 10.2 Å². The molecule has 0 aliphatic heterocycles. The summed E-state index contributed by atoms with van der Waals surface area (Å²) in [6, 6.07) is 7.24. The fraction of sp³-hybridized carbons (Fsp3) is 0.214. The number of amides is 1. The first-order valence-corrected chi connectivity index (χ1v) is 6.66. The van der Waals surface area contributed by atoms with Crippen LogP contribution in [0.3, 0.4) is 0 Å². The zero-order valence-electron chi connectivity index (χ0n) is 11.5. The van der Waals surface area contributed by atoms with E-state index in [0.29, 0.717) is 10.8 Å². The second-order valence-corrected chi connectivity index (χ2v) is 4.82. The van der Waals surface area contributed by atoms with E-state index < -0.39 is 0 Å². The van der Waals surface area contributed by atoms with Gasteiger partial charge >= 0.3 is 0 Å². The zero-order chi connectivity index (χ0) is 15.4. The van der Waals surface area contributed by atoms with Crippen molar-refractivity contribution in [2.75, 3.05) is 12.4 Å². The molecule has 1 amide bonds. The fourth-order valence-corrected chi connectivity index (χ4v) is 2.14. The molecule has 2 rings (SSSR count). The van der Waals surface area contributed by atoms with Crippen molar-refractivity contribution in [2.45, 2.75) is 13.0 Å². The number of anilines is 1. The maximum absolute atomic E-state index is 13.0. The van der Waals surface area contributed by atoms with Crippen molar-refractivity contribution >= 4 is 23.3 Å². The Balaban J connectivity index is 2.12. The van der Waals surface area contributed by atoms with Gasteiger partial charge in [0.2, 0.25) is 0 Å². The number of nitrogens with zero attached hydrogens (tertiary/aromatic N) is 2. The number of carbonyl (C=O) groups excluding carboxylic acids is 1. The van der Waals surface area contributed by atoms with Gasteiger partial charge in [-0.2, -0.15) is 0 Å². The monoisotopic (exact) mass is 308 g/mol. The van der Waals surface area contributed by atoms with Crippen LogP contribution in [0, 0.1) is 5.82 Å². The van der Waals surface area contributed by atoms with Crippen molar-refractivity contribution in [3.05, 3.63) is 52.4 Å². The molecule has 21 heavy (non-hydrogen) atoms. The Labute approximate surface area is 126 Å². The second kappa shape index (κ2) is 6.49. The Morgan fingerprint density at radius 1 is 1.29 bits per heavy atom. The maximum atomic E-state index is 13.0. The minimum Gasteiger partial charge on any atom is -0.362 e. The highest BCUT2D eigenvalue weighted by atomic mass is 35.5. The first-order valence-electron chi connectivity index (χ1n) is 6.28. The maximum Gasteiger partial charge on any atom is 0.271 e. The number of halogens is 2. The third-order valence-electron chi connectivity index (χ3n) is 2.92. The fourth-order valence-electron chi connectivity index (χ4n) is 1.81. The summed E-state index contributed by atoms with van der Waals surface area (Å²) < 4.78 is 13.0. The van der Waals surface area contributed by atoms with E-state index in [4.69, 9.17) is 11.6 Å². The third-order valence-corrected chi connectivity index (χ3v) is 3.24. The third kappa shape index (κ3) is 3.66. The van der Waals surface area contributed by atoms with E-state index in [1.54, 1.807) is 18.2 Å². The van der Waals surface area contributed by atoms with Crippen molar-refractivity contribution in [1.82, 2.24) is 15.5 Å². The zero-order valence-corrected chi connectivity index (χ0v) is 12.3. The molecule has 1 atom stereocenters. The van der Waals surface area contributed by atoms with Gasteiger partial charge in [-0.05, 0) is 36.8 Å². The van der Waals surface area contributed by atoms with E-state index >= 15 is 0 Å². The van der Waals surface area contributed by atoms with Gasteiger partial charge in [0, 0.05) is 12.1 Å². The van der Waals surface area contributed by atoms with E-state index in [0.717, 1.165) is 5.56 Å². The molecule has 0 fully saturated rings. The Hall–Kier alpha value is -2.21. The lowest BCUT2D eigenvalue weighted by Gasteiger charge is -2.16. The average Bonchev–Trinajstić information content (AvgIpc) is 2.47. The highest BCUT2D eigenvalue weighted by Crippen LogP contribution is 2.25. The smallest absolute Gasteiger partial charge is 0.271 e. The largest absolute Gasteiger partial charge is 0.362 e. The van der Waals surface area contributed by atoms with Crippen LogP contribution in [-0.4, -0.2) is 23.2 Å². The summed E-state index contributed by atoms with van der Waals surface area (Å²) in [5.74, 6) is -0.190. The lowest BCUT2D eigenvalue weighted by molar-refractivity contribution is 0.0957. The molecular weight excluding hydrogens is 295 g/mol. The summed E-state index contributed by atoms with van der Waals surface area (Å²) >= 11 is 6.01. The van der Waals surface area contributed by atoms with E-state index in [1.165, 1.54) is 19.2 Å². The summed E-state index contributed by atoms with van der Waals surface area (Å²) in [7, 11) is 1.52. The van der Waals surface area contributed by atoms with Crippen LogP contribution in [0.2, 0.25) is 5.02 Å². The minimum absolute atomic E-state index is 0.182. The summed E-state index contributed by atoms with van der Waals surface area (Å²) in [5, 5.41) is 13.6. The second-order valence-electron chi connectivity index (χ2n) is 4.41. The van der Waals surface area contributed by atoms with Gasteiger partial charge in [0.05, 0.1) is 6.04 Å². The number of aromatic nitrogens is 2. The molecule has 2 N–H and O–H groups in total. The molecule has 110 valence electrons. The van der Waals surface area contributed by atoms with Crippen molar-refractivity contribution < 1.29 is 9.18 Å². The van der Waals surface area contributed by atoms with Crippen LogP contribution in [0.25, 0.3) is 0 Å². The Bertz CT molecular complexity index is 648. The number of hydrogen-bond acceptors (Lipinski definition) is 4. The van der Waals surface area contributed by atoms with Crippen LogP contribution in [0.5, 0.6) is 0 Å². The molecule has 1 unspecified atom stereocenters. The van der Waals surface area contributed by atoms with Crippen molar-refractivity contribution in [1.29, 1.82) is 0 Å². The molecule has 0 aliphatic rings. The number of carbonyl (C=O) groups is 1. The topological polar surface area (TPSA) is 66.9 Å². The lowest BCUT2D eigenvalue weighted by atomic mass is 10.1. The van der Waals surface area contributed by atoms with Crippen LogP contribution in [0.4, 0.5) is 10.2 Å². The molecule has 0 bridgehead atoms. The predicted octanol–water partition coefficient (Wildman–Crippen LogP) is 2.80. The van der Waals surface area contributed by atoms with E-state index in [-0.39, 0.29) is 23.5 Å². The highest BCUT2D eigenvalue weighted by molar-refractivity contribution is 6.31. The van der Waals surface area contributed by atoms with Crippen LogP contribution in [0.1, 0.15) is 29.0 Å². The molecule has 5 nitrogen and oxygen atoms in total. The van der Waals surface area contributed by atoms with Gasteiger partial charge in [0.1, 0.15) is 11.6 Å².